The molecule has 4 atom stereocenters. The first kappa shape index (κ1) is 40.9. The van der Waals surface area contributed by atoms with E-state index in [1.807, 2.05) is 19.1 Å². The first-order chi connectivity index (χ1) is 24.3. The molecule has 2 saturated heterocycles. The zero-order valence-corrected chi connectivity index (χ0v) is 33.3. The summed E-state index contributed by atoms with van der Waals surface area (Å²) in [5.41, 5.74) is -0.970. The summed E-state index contributed by atoms with van der Waals surface area (Å²) in [7, 11) is 1.41. The van der Waals surface area contributed by atoms with Gasteiger partial charge in [-0.15, -0.1) is 22.7 Å². The number of aromatic nitrogens is 1. The smallest absolute Gasteiger partial charge is 0.410 e. The van der Waals surface area contributed by atoms with E-state index in [9.17, 15) is 29.1 Å². The minimum atomic E-state index is -0.987. The number of rotatable bonds is 7. The number of hydrogen-bond acceptors (Lipinski definition) is 10. The lowest BCUT2D eigenvalue weighted by molar-refractivity contribution is -0.147. The van der Waals surface area contributed by atoms with E-state index in [2.05, 4.69) is 58.8 Å². The Kier molecular flexibility index (Phi) is 12.9. The van der Waals surface area contributed by atoms with E-state index in [0.29, 0.717) is 31.6 Å². The van der Waals surface area contributed by atoms with Gasteiger partial charge in [-0.3, -0.25) is 19.3 Å². The van der Waals surface area contributed by atoms with Crippen LogP contribution in [0.2, 0.25) is 0 Å². The maximum atomic E-state index is 12.6. The van der Waals surface area contributed by atoms with Gasteiger partial charge in [-0.05, 0) is 74.6 Å². The number of esters is 1. The molecule has 0 bridgehead atoms. The van der Waals surface area contributed by atoms with Crippen molar-refractivity contribution in [3.8, 4) is 0 Å². The number of thiophene rings is 2. The minimum Gasteiger partial charge on any atom is -0.466 e. The SMILES string of the molecule is CCOC(=O)CC(=O)[C@@H]1CCN(C(=O)O)[C@](C)(c2ccc(C(C)(C)C)s2)C1.COC(=O)N1CC[C@@H](c2cc(=O)[nH]o2)C[C@H]1c1ccc(C(C)(C)C)s1. The Morgan fingerprint density at radius 3 is 2.19 bits per heavy atom. The van der Waals surface area contributed by atoms with Gasteiger partial charge in [0.2, 0.25) is 0 Å². The van der Waals surface area contributed by atoms with Crippen molar-refractivity contribution in [1.82, 2.24) is 15.0 Å². The van der Waals surface area contributed by atoms with Crippen LogP contribution in [0.3, 0.4) is 0 Å². The number of nitrogens with one attached hydrogen (secondary N) is 1. The van der Waals surface area contributed by atoms with Gasteiger partial charge in [0.05, 0.1) is 25.3 Å². The first-order valence-corrected chi connectivity index (χ1v) is 19.3. The molecule has 2 N–H and O–H groups in total. The van der Waals surface area contributed by atoms with Gasteiger partial charge < -0.3 is 24.0 Å². The number of carboxylic acid groups (broad SMARTS) is 1. The Balaban J connectivity index is 0.000000233. The van der Waals surface area contributed by atoms with Crippen LogP contribution in [0.4, 0.5) is 9.59 Å². The Labute approximate surface area is 313 Å². The number of methoxy groups -OCH3 is 1. The molecule has 2 aliphatic rings. The fourth-order valence-corrected chi connectivity index (χ4v) is 9.25. The van der Waals surface area contributed by atoms with Gasteiger partial charge in [-0.2, -0.15) is 5.16 Å². The number of carbonyl (C=O) groups is 4. The molecule has 52 heavy (non-hydrogen) atoms. The summed E-state index contributed by atoms with van der Waals surface area (Å²) >= 11 is 3.33. The molecule has 2 fully saturated rings. The number of piperidine rings is 2. The highest BCUT2D eigenvalue weighted by Crippen LogP contribution is 2.46. The number of nitrogens with zero attached hydrogens (tertiary/aromatic N) is 2. The minimum absolute atomic E-state index is 0.0267. The van der Waals surface area contributed by atoms with Crippen LogP contribution < -0.4 is 5.56 Å². The van der Waals surface area contributed by atoms with Crippen molar-refractivity contribution in [1.29, 1.82) is 0 Å². The molecule has 0 spiro atoms. The van der Waals surface area contributed by atoms with Gasteiger partial charge in [0.25, 0.3) is 5.56 Å². The number of ether oxygens (including phenoxy) is 2. The fraction of sp³-hybridized carbons (Fsp3) is 0.605. The van der Waals surface area contributed by atoms with Gasteiger partial charge >= 0.3 is 18.2 Å². The maximum absolute atomic E-state index is 12.6. The average Bonchev–Trinajstić information content (AvgIpc) is 3.86. The second kappa shape index (κ2) is 16.4. The highest BCUT2D eigenvalue weighted by Gasteiger charge is 2.46. The summed E-state index contributed by atoms with van der Waals surface area (Å²) in [6.07, 6.45) is 0.701. The van der Waals surface area contributed by atoms with Crippen LogP contribution in [0.15, 0.2) is 39.6 Å². The van der Waals surface area contributed by atoms with E-state index in [4.69, 9.17) is 14.0 Å². The van der Waals surface area contributed by atoms with Gasteiger partial charge in [-0.1, -0.05) is 41.5 Å². The predicted octanol–water partition coefficient (Wildman–Crippen LogP) is 8.19. The maximum Gasteiger partial charge on any atom is 0.410 e. The third-order valence-electron chi connectivity index (χ3n) is 9.78. The van der Waals surface area contributed by atoms with Gasteiger partial charge in [0, 0.05) is 50.5 Å². The Bertz CT molecular complexity index is 1780. The van der Waals surface area contributed by atoms with Crippen LogP contribution in [-0.4, -0.2) is 70.8 Å². The predicted molar refractivity (Wildman–Crippen MR) is 200 cm³/mol. The summed E-state index contributed by atoms with van der Waals surface area (Å²) in [5, 5.41) is 12.1. The summed E-state index contributed by atoms with van der Waals surface area (Å²) in [5.74, 6) is -0.277. The Morgan fingerprint density at radius 2 is 1.65 bits per heavy atom. The summed E-state index contributed by atoms with van der Waals surface area (Å²) < 4.78 is 15.2. The van der Waals surface area contributed by atoms with Crippen molar-refractivity contribution >= 4 is 46.6 Å². The van der Waals surface area contributed by atoms with Crippen LogP contribution in [0, 0.1) is 5.92 Å². The largest absolute Gasteiger partial charge is 0.466 e. The van der Waals surface area contributed by atoms with E-state index in [1.54, 1.807) is 34.5 Å². The molecular formula is C38H53N3O9S2. The van der Waals surface area contributed by atoms with Crippen LogP contribution in [0.5, 0.6) is 0 Å². The Hall–Kier alpha value is -3.91. The van der Waals surface area contributed by atoms with Crippen molar-refractivity contribution in [2.45, 2.75) is 116 Å². The van der Waals surface area contributed by atoms with E-state index in [0.717, 1.165) is 16.2 Å². The quantitative estimate of drug-likeness (QED) is 0.179. The first-order valence-electron chi connectivity index (χ1n) is 17.7. The molecule has 2 amide bonds. The number of likely N-dealkylation sites (tertiary alicyclic amines) is 2. The molecule has 5 rings (SSSR count). The molecule has 0 unspecified atom stereocenters. The lowest BCUT2D eigenvalue weighted by atomic mass is 9.78. The van der Waals surface area contributed by atoms with Crippen LogP contribution in [-0.2, 0) is 35.4 Å². The van der Waals surface area contributed by atoms with Crippen molar-refractivity contribution in [3.63, 3.8) is 0 Å². The van der Waals surface area contributed by atoms with Crippen LogP contribution >= 0.6 is 22.7 Å². The lowest BCUT2D eigenvalue weighted by Crippen LogP contribution is -2.53. The molecule has 286 valence electrons. The monoisotopic (exact) mass is 759 g/mol. The highest BCUT2D eigenvalue weighted by molar-refractivity contribution is 7.12. The molecule has 0 saturated carbocycles. The van der Waals surface area contributed by atoms with Gasteiger partial charge in [0.15, 0.2) is 0 Å². The van der Waals surface area contributed by atoms with E-state index in [-0.39, 0.29) is 65.7 Å². The molecule has 14 heteroatoms. The van der Waals surface area contributed by atoms with Crippen molar-refractivity contribution < 1.29 is 38.3 Å². The molecule has 2 aliphatic heterocycles. The highest BCUT2D eigenvalue weighted by atomic mass is 32.1. The number of H-pyrrole nitrogens is 1. The molecule has 0 aromatic carbocycles. The third-order valence-corrected chi connectivity index (χ3v) is 13.2. The third kappa shape index (κ3) is 9.54. The second-order valence-electron chi connectivity index (χ2n) is 15.7. The molecular weight excluding hydrogens is 707 g/mol. The van der Waals surface area contributed by atoms with E-state index < -0.39 is 17.6 Å². The van der Waals surface area contributed by atoms with E-state index >= 15 is 0 Å². The fourth-order valence-electron chi connectivity index (χ4n) is 6.83. The Morgan fingerprint density at radius 1 is 1.00 bits per heavy atom. The molecule has 3 aromatic heterocycles. The number of hydrogen-bond donors (Lipinski definition) is 2. The standard InChI is InChI=1S/C20H29NO5S.C18H24N2O4S/c1-6-26-17(23)11-14(22)13-9-10-21(18(24)25)20(5,12-13)16-8-7-15(27-16)19(2,3)4;1-18(2,3)15-6-5-14(25-15)12-9-11(13-10-16(21)19-24-13)7-8-20(12)17(22)23-4/h7-8,13H,6,9-12H2,1-5H3,(H,24,25);5-6,10-12H,7-9H2,1-4H3,(H,19,21)/t13-,20+;11-,12+/m11/s1. The summed E-state index contributed by atoms with van der Waals surface area (Å²) in [6, 6.07) is 9.67. The zero-order valence-electron chi connectivity index (χ0n) is 31.7. The van der Waals surface area contributed by atoms with Gasteiger partial charge in [-0.25, -0.2) is 9.59 Å². The van der Waals surface area contributed by atoms with Crippen molar-refractivity contribution in [2.75, 3.05) is 26.8 Å². The normalized spacial score (nSPS) is 22.3. The molecule has 0 aliphatic carbocycles. The second-order valence-corrected chi connectivity index (χ2v) is 17.9. The molecule has 3 aromatic rings. The van der Waals surface area contributed by atoms with Gasteiger partial charge in [0.1, 0.15) is 18.0 Å². The van der Waals surface area contributed by atoms with Crippen molar-refractivity contribution in [2.24, 2.45) is 5.92 Å². The zero-order chi connectivity index (χ0) is 38.6. The summed E-state index contributed by atoms with van der Waals surface area (Å²) in [4.78, 5) is 67.5. The topological polar surface area (TPSA) is 159 Å². The number of aromatic amines is 1. The molecule has 5 heterocycles. The van der Waals surface area contributed by atoms with Crippen molar-refractivity contribution in [3.05, 3.63) is 66.0 Å². The molecule has 12 nitrogen and oxygen atoms in total. The molecule has 0 radical (unpaired) electrons. The number of amides is 2. The average molecular weight is 760 g/mol. The van der Waals surface area contributed by atoms with Crippen LogP contribution in [0.1, 0.15) is 125 Å². The number of ketones is 1. The summed E-state index contributed by atoms with van der Waals surface area (Å²) in [6.45, 7) is 17.6. The number of Topliss-reactive ketones (excluding diaryl/α,β-unsaturated/α-hetero) is 1. The van der Waals surface area contributed by atoms with Crippen LogP contribution in [0.25, 0.3) is 0 Å². The number of carbonyl (C=O) groups excluding carboxylic acids is 3. The lowest BCUT2D eigenvalue weighted by Gasteiger charge is -2.45. The van der Waals surface area contributed by atoms with E-state index in [1.165, 1.54) is 27.8 Å².